The van der Waals surface area contributed by atoms with Crippen molar-refractivity contribution >= 4 is 5.69 Å². The molecule has 1 aromatic carbocycles. The van der Waals surface area contributed by atoms with Gasteiger partial charge in [0.15, 0.2) is 0 Å². The molecule has 0 saturated carbocycles. The Kier molecular flexibility index (Phi) is 4.02. The first-order valence-corrected chi connectivity index (χ1v) is 6.40. The Labute approximate surface area is 104 Å². The fourth-order valence-electron chi connectivity index (χ4n) is 2.38. The molecule has 1 aromatic rings. The van der Waals surface area contributed by atoms with Crippen LogP contribution in [0.5, 0.6) is 0 Å². The average Bonchev–Trinajstić information content (AvgIpc) is 2.38. The lowest BCUT2D eigenvalue weighted by Gasteiger charge is -2.35. The number of ether oxygens (including phenoxy) is 1. The zero-order valence-electron chi connectivity index (χ0n) is 10.8. The van der Waals surface area contributed by atoms with Gasteiger partial charge in [-0.2, -0.15) is 0 Å². The van der Waals surface area contributed by atoms with Crippen LogP contribution in [0.25, 0.3) is 0 Å². The Balaban J connectivity index is 2.16. The lowest BCUT2D eigenvalue weighted by atomic mass is 10.1. The first kappa shape index (κ1) is 12.4. The molecule has 1 saturated heterocycles. The van der Waals surface area contributed by atoms with Crippen molar-refractivity contribution in [2.75, 3.05) is 24.6 Å². The van der Waals surface area contributed by atoms with Crippen molar-refractivity contribution in [3.05, 3.63) is 29.3 Å². The van der Waals surface area contributed by atoms with Gasteiger partial charge in [-0.25, -0.2) is 0 Å². The van der Waals surface area contributed by atoms with Gasteiger partial charge in [0.1, 0.15) is 0 Å². The van der Waals surface area contributed by atoms with Gasteiger partial charge in [-0.3, -0.25) is 0 Å². The monoisotopic (exact) mass is 234 g/mol. The summed E-state index contributed by atoms with van der Waals surface area (Å²) in [6.07, 6.45) is 1.45. The molecule has 0 bridgehead atoms. The van der Waals surface area contributed by atoms with Gasteiger partial charge in [-0.05, 0) is 30.5 Å². The highest BCUT2D eigenvalue weighted by Gasteiger charge is 2.20. The van der Waals surface area contributed by atoms with Crippen LogP contribution in [0.4, 0.5) is 5.69 Å². The van der Waals surface area contributed by atoms with E-state index in [-0.39, 0.29) is 0 Å². The molecular formula is C14H22N2O. The van der Waals surface area contributed by atoms with Crippen LogP contribution in [-0.4, -0.2) is 25.8 Å². The van der Waals surface area contributed by atoms with Crippen molar-refractivity contribution in [3.8, 4) is 0 Å². The number of nitrogens with zero attached hydrogens (tertiary/aromatic N) is 1. The highest BCUT2D eigenvalue weighted by atomic mass is 16.5. The van der Waals surface area contributed by atoms with Gasteiger partial charge in [-0.1, -0.05) is 19.1 Å². The van der Waals surface area contributed by atoms with Crippen LogP contribution in [-0.2, 0) is 11.3 Å². The van der Waals surface area contributed by atoms with Gasteiger partial charge in [0, 0.05) is 25.3 Å². The third-order valence-corrected chi connectivity index (χ3v) is 3.43. The molecule has 1 atom stereocenters. The average molecular weight is 234 g/mol. The van der Waals surface area contributed by atoms with E-state index in [1.807, 2.05) is 0 Å². The number of anilines is 1. The zero-order valence-corrected chi connectivity index (χ0v) is 10.8. The van der Waals surface area contributed by atoms with E-state index in [1.165, 1.54) is 16.8 Å². The summed E-state index contributed by atoms with van der Waals surface area (Å²) in [6, 6.07) is 6.50. The van der Waals surface area contributed by atoms with Gasteiger partial charge < -0.3 is 15.4 Å². The fourth-order valence-corrected chi connectivity index (χ4v) is 2.38. The van der Waals surface area contributed by atoms with Crippen LogP contribution in [0.1, 0.15) is 24.5 Å². The predicted octanol–water partition coefficient (Wildman–Crippen LogP) is 2.07. The van der Waals surface area contributed by atoms with E-state index in [1.54, 1.807) is 0 Å². The molecule has 0 spiro atoms. The predicted molar refractivity (Wildman–Crippen MR) is 71.3 cm³/mol. The Morgan fingerprint density at radius 2 is 2.29 bits per heavy atom. The first-order valence-electron chi connectivity index (χ1n) is 6.40. The zero-order chi connectivity index (χ0) is 12.3. The lowest BCUT2D eigenvalue weighted by molar-refractivity contribution is 0.0384. The summed E-state index contributed by atoms with van der Waals surface area (Å²) in [6.45, 7) is 7.76. The molecule has 3 nitrogen and oxygen atoms in total. The summed E-state index contributed by atoms with van der Waals surface area (Å²) >= 11 is 0. The SMILES string of the molecule is CCC1CN(c2ccc(CN)cc2C)CCO1. The smallest absolute Gasteiger partial charge is 0.0748 e. The molecule has 1 unspecified atom stereocenters. The molecule has 1 aliphatic rings. The summed E-state index contributed by atoms with van der Waals surface area (Å²) in [4.78, 5) is 2.42. The lowest BCUT2D eigenvalue weighted by Crippen LogP contribution is -2.42. The molecule has 1 aliphatic heterocycles. The quantitative estimate of drug-likeness (QED) is 0.870. The van der Waals surface area contributed by atoms with Crippen molar-refractivity contribution in [1.29, 1.82) is 0 Å². The molecule has 1 fully saturated rings. The van der Waals surface area contributed by atoms with Crippen LogP contribution < -0.4 is 10.6 Å². The minimum Gasteiger partial charge on any atom is -0.375 e. The second-order valence-electron chi connectivity index (χ2n) is 4.67. The molecule has 2 N–H and O–H groups in total. The maximum absolute atomic E-state index is 5.70. The molecular weight excluding hydrogens is 212 g/mol. The summed E-state index contributed by atoms with van der Waals surface area (Å²) < 4.78 is 5.70. The molecule has 0 radical (unpaired) electrons. The van der Waals surface area contributed by atoms with E-state index >= 15 is 0 Å². The van der Waals surface area contributed by atoms with E-state index in [0.717, 1.165) is 26.1 Å². The minimum absolute atomic E-state index is 0.373. The normalized spacial score (nSPS) is 20.6. The largest absolute Gasteiger partial charge is 0.375 e. The maximum atomic E-state index is 5.70. The van der Waals surface area contributed by atoms with Crippen molar-refractivity contribution in [1.82, 2.24) is 0 Å². The molecule has 0 aliphatic carbocycles. The molecule has 94 valence electrons. The maximum Gasteiger partial charge on any atom is 0.0748 e. The molecule has 3 heteroatoms. The Hall–Kier alpha value is -1.06. The number of hydrogen-bond donors (Lipinski definition) is 1. The second-order valence-corrected chi connectivity index (χ2v) is 4.67. The van der Waals surface area contributed by atoms with Gasteiger partial charge >= 0.3 is 0 Å². The van der Waals surface area contributed by atoms with Crippen LogP contribution >= 0.6 is 0 Å². The first-order chi connectivity index (χ1) is 8.24. The molecule has 17 heavy (non-hydrogen) atoms. The van der Waals surface area contributed by atoms with Crippen LogP contribution in [0.2, 0.25) is 0 Å². The number of aryl methyl sites for hydroxylation is 1. The van der Waals surface area contributed by atoms with Crippen LogP contribution in [0, 0.1) is 6.92 Å². The molecule has 0 amide bonds. The van der Waals surface area contributed by atoms with E-state index in [0.29, 0.717) is 12.6 Å². The van der Waals surface area contributed by atoms with Crippen LogP contribution in [0.3, 0.4) is 0 Å². The van der Waals surface area contributed by atoms with Gasteiger partial charge in [0.05, 0.1) is 12.7 Å². The number of nitrogens with two attached hydrogens (primary N) is 1. The van der Waals surface area contributed by atoms with Crippen molar-refractivity contribution < 1.29 is 4.74 Å². The summed E-state index contributed by atoms with van der Waals surface area (Å²) in [5.41, 5.74) is 9.49. The van der Waals surface area contributed by atoms with E-state index in [2.05, 4.69) is 36.9 Å². The molecule has 2 rings (SSSR count). The standard InChI is InChI=1S/C14H22N2O/c1-3-13-10-16(6-7-17-13)14-5-4-12(9-15)8-11(14)2/h4-5,8,13H,3,6-7,9-10,15H2,1-2H3. The Morgan fingerprint density at radius 1 is 1.47 bits per heavy atom. The molecule has 1 heterocycles. The van der Waals surface area contributed by atoms with Crippen molar-refractivity contribution in [2.45, 2.75) is 32.9 Å². The number of morpholine rings is 1. The number of hydrogen-bond acceptors (Lipinski definition) is 3. The third-order valence-electron chi connectivity index (χ3n) is 3.43. The van der Waals surface area contributed by atoms with E-state index in [9.17, 15) is 0 Å². The van der Waals surface area contributed by atoms with Gasteiger partial charge in [0.25, 0.3) is 0 Å². The topological polar surface area (TPSA) is 38.5 Å². The van der Waals surface area contributed by atoms with Crippen LogP contribution in [0.15, 0.2) is 18.2 Å². The summed E-state index contributed by atoms with van der Waals surface area (Å²) in [5.74, 6) is 0. The number of rotatable bonds is 3. The van der Waals surface area contributed by atoms with Gasteiger partial charge in [-0.15, -0.1) is 0 Å². The van der Waals surface area contributed by atoms with E-state index in [4.69, 9.17) is 10.5 Å². The summed E-state index contributed by atoms with van der Waals surface area (Å²) in [7, 11) is 0. The Morgan fingerprint density at radius 3 is 2.94 bits per heavy atom. The van der Waals surface area contributed by atoms with Crippen molar-refractivity contribution in [2.24, 2.45) is 5.73 Å². The highest BCUT2D eigenvalue weighted by molar-refractivity contribution is 5.54. The highest BCUT2D eigenvalue weighted by Crippen LogP contribution is 2.23. The van der Waals surface area contributed by atoms with E-state index < -0.39 is 0 Å². The van der Waals surface area contributed by atoms with Gasteiger partial charge in [0.2, 0.25) is 0 Å². The molecule has 0 aromatic heterocycles. The van der Waals surface area contributed by atoms with Crippen molar-refractivity contribution in [3.63, 3.8) is 0 Å². The second kappa shape index (κ2) is 5.52. The fraction of sp³-hybridized carbons (Fsp3) is 0.571. The number of benzene rings is 1. The Bertz CT molecular complexity index is 378. The summed E-state index contributed by atoms with van der Waals surface area (Å²) in [5, 5.41) is 0. The third kappa shape index (κ3) is 2.79. The minimum atomic E-state index is 0.373.